The topological polar surface area (TPSA) is 46.5 Å². The summed E-state index contributed by atoms with van der Waals surface area (Å²) in [4.78, 5) is 10.6. The summed E-state index contributed by atoms with van der Waals surface area (Å²) in [5.41, 5.74) is 2.18. The van der Waals surface area contributed by atoms with E-state index in [9.17, 15) is 4.79 Å². The number of carboxylic acids is 1. The standard InChI is InChI=1S/C13H18O3/c1-9(2)10-4-6-12(16-3)11(8-10)5-7-13(14)15/h4,6,8-9H,5,7H2,1-3H3,(H,14,15). The van der Waals surface area contributed by atoms with Crippen molar-refractivity contribution in [3.8, 4) is 5.75 Å². The van der Waals surface area contributed by atoms with E-state index in [0.717, 1.165) is 11.3 Å². The third-order valence-electron chi connectivity index (χ3n) is 2.58. The second-order valence-electron chi connectivity index (χ2n) is 4.12. The zero-order chi connectivity index (χ0) is 12.1. The smallest absolute Gasteiger partial charge is 0.303 e. The van der Waals surface area contributed by atoms with Crippen molar-refractivity contribution in [3.63, 3.8) is 0 Å². The van der Waals surface area contributed by atoms with Gasteiger partial charge in [-0.2, -0.15) is 0 Å². The second kappa shape index (κ2) is 5.54. The SMILES string of the molecule is COc1ccc(C(C)C)cc1CCC(=O)O. The van der Waals surface area contributed by atoms with E-state index in [0.29, 0.717) is 12.3 Å². The zero-order valence-corrected chi connectivity index (χ0v) is 9.99. The quantitative estimate of drug-likeness (QED) is 0.833. The number of carboxylic acid groups (broad SMARTS) is 1. The van der Waals surface area contributed by atoms with Gasteiger partial charge in [0, 0.05) is 6.42 Å². The fourth-order valence-electron chi connectivity index (χ4n) is 1.59. The largest absolute Gasteiger partial charge is 0.496 e. The molecule has 0 atom stereocenters. The summed E-state index contributed by atoms with van der Waals surface area (Å²) < 4.78 is 5.22. The molecule has 1 rings (SSSR count). The van der Waals surface area contributed by atoms with Crippen molar-refractivity contribution in [1.29, 1.82) is 0 Å². The molecule has 0 heterocycles. The Morgan fingerprint density at radius 1 is 1.44 bits per heavy atom. The molecule has 0 aliphatic rings. The van der Waals surface area contributed by atoms with E-state index in [4.69, 9.17) is 9.84 Å². The zero-order valence-electron chi connectivity index (χ0n) is 9.99. The molecule has 16 heavy (non-hydrogen) atoms. The van der Waals surface area contributed by atoms with E-state index in [1.54, 1.807) is 7.11 Å². The lowest BCUT2D eigenvalue weighted by Gasteiger charge is -2.12. The first kappa shape index (κ1) is 12.6. The number of carbonyl (C=O) groups is 1. The summed E-state index contributed by atoms with van der Waals surface area (Å²) in [6.45, 7) is 4.23. The average Bonchev–Trinajstić information content (AvgIpc) is 2.25. The Kier molecular flexibility index (Phi) is 4.35. The highest BCUT2D eigenvalue weighted by Crippen LogP contribution is 2.25. The molecule has 0 spiro atoms. The Morgan fingerprint density at radius 2 is 2.12 bits per heavy atom. The molecular weight excluding hydrogens is 204 g/mol. The van der Waals surface area contributed by atoms with Crippen LogP contribution in [-0.4, -0.2) is 18.2 Å². The van der Waals surface area contributed by atoms with Crippen molar-refractivity contribution < 1.29 is 14.6 Å². The van der Waals surface area contributed by atoms with E-state index in [2.05, 4.69) is 13.8 Å². The maximum atomic E-state index is 10.6. The van der Waals surface area contributed by atoms with Crippen LogP contribution in [0.5, 0.6) is 5.75 Å². The number of benzene rings is 1. The van der Waals surface area contributed by atoms with E-state index >= 15 is 0 Å². The third-order valence-corrected chi connectivity index (χ3v) is 2.58. The molecule has 3 heteroatoms. The summed E-state index contributed by atoms with van der Waals surface area (Å²) in [5.74, 6) is 0.428. The van der Waals surface area contributed by atoms with Crippen LogP contribution < -0.4 is 4.74 Å². The minimum Gasteiger partial charge on any atom is -0.496 e. The van der Waals surface area contributed by atoms with Crippen LogP contribution in [0.25, 0.3) is 0 Å². The molecule has 0 saturated carbocycles. The molecule has 0 aromatic heterocycles. The predicted octanol–water partition coefficient (Wildman–Crippen LogP) is 2.84. The molecule has 0 bridgehead atoms. The highest BCUT2D eigenvalue weighted by molar-refractivity contribution is 5.67. The molecule has 1 N–H and O–H groups in total. The van der Waals surface area contributed by atoms with Gasteiger partial charge in [-0.25, -0.2) is 0 Å². The normalized spacial score (nSPS) is 10.5. The molecule has 0 aliphatic carbocycles. The van der Waals surface area contributed by atoms with E-state index in [1.165, 1.54) is 5.56 Å². The third kappa shape index (κ3) is 3.26. The Bertz CT molecular complexity index is 369. The van der Waals surface area contributed by atoms with Gasteiger partial charge in [0.2, 0.25) is 0 Å². The fourth-order valence-corrected chi connectivity index (χ4v) is 1.59. The summed E-state index contributed by atoms with van der Waals surface area (Å²) in [7, 11) is 1.61. The van der Waals surface area contributed by atoms with Gasteiger partial charge in [0.15, 0.2) is 0 Å². The maximum Gasteiger partial charge on any atom is 0.303 e. The summed E-state index contributed by atoms with van der Waals surface area (Å²) in [6, 6.07) is 5.97. The van der Waals surface area contributed by atoms with Crippen LogP contribution in [0.3, 0.4) is 0 Å². The molecule has 0 radical (unpaired) electrons. The van der Waals surface area contributed by atoms with Crippen LogP contribution in [0.4, 0.5) is 0 Å². The fraction of sp³-hybridized carbons (Fsp3) is 0.462. The van der Waals surface area contributed by atoms with Crippen molar-refractivity contribution in [1.82, 2.24) is 0 Å². The Labute approximate surface area is 96.1 Å². The number of hydrogen-bond donors (Lipinski definition) is 1. The minimum absolute atomic E-state index is 0.137. The maximum absolute atomic E-state index is 10.6. The number of aryl methyl sites for hydroxylation is 1. The van der Waals surface area contributed by atoms with E-state index in [-0.39, 0.29) is 6.42 Å². The molecule has 88 valence electrons. The Balaban J connectivity index is 2.92. The molecule has 0 aliphatic heterocycles. The summed E-state index contributed by atoms with van der Waals surface area (Å²) in [6.07, 6.45) is 0.650. The van der Waals surface area contributed by atoms with Crippen LogP contribution >= 0.6 is 0 Å². The van der Waals surface area contributed by atoms with Gasteiger partial charge in [-0.1, -0.05) is 26.0 Å². The Hall–Kier alpha value is -1.51. The number of rotatable bonds is 5. The first-order chi connectivity index (χ1) is 7.54. The minimum atomic E-state index is -0.781. The highest BCUT2D eigenvalue weighted by Gasteiger charge is 2.08. The van der Waals surface area contributed by atoms with Gasteiger partial charge in [-0.05, 0) is 29.5 Å². The number of methoxy groups -OCH3 is 1. The van der Waals surface area contributed by atoms with Gasteiger partial charge in [-0.15, -0.1) is 0 Å². The van der Waals surface area contributed by atoms with Gasteiger partial charge in [0.1, 0.15) is 5.75 Å². The van der Waals surface area contributed by atoms with Gasteiger partial charge < -0.3 is 9.84 Å². The van der Waals surface area contributed by atoms with Gasteiger partial charge in [0.25, 0.3) is 0 Å². The number of hydrogen-bond acceptors (Lipinski definition) is 2. The molecule has 0 saturated heterocycles. The molecule has 0 amide bonds. The van der Waals surface area contributed by atoms with Crippen molar-refractivity contribution in [2.24, 2.45) is 0 Å². The van der Waals surface area contributed by atoms with E-state index < -0.39 is 5.97 Å². The summed E-state index contributed by atoms with van der Waals surface area (Å²) >= 11 is 0. The van der Waals surface area contributed by atoms with Crippen molar-refractivity contribution in [2.45, 2.75) is 32.6 Å². The van der Waals surface area contributed by atoms with Crippen LogP contribution in [0, 0.1) is 0 Å². The van der Waals surface area contributed by atoms with Crippen LogP contribution in [0.1, 0.15) is 37.3 Å². The van der Waals surface area contributed by atoms with Crippen LogP contribution in [0.15, 0.2) is 18.2 Å². The lowest BCUT2D eigenvalue weighted by Crippen LogP contribution is -2.01. The van der Waals surface area contributed by atoms with Crippen LogP contribution in [-0.2, 0) is 11.2 Å². The monoisotopic (exact) mass is 222 g/mol. The first-order valence-electron chi connectivity index (χ1n) is 5.43. The second-order valence-corrected chi connectivity index (χ2v) is 4.12. The molecule has 0 fully saturated rings. The Morgan fingerprint density at radius 3 is 2.62 bits per heavy atom. The lowest BCUT2D eigenvalue weighted by molar-refractivity contribution is -0.136. The predicted molar refractivity (Wildman–Crippen MR) is 63.0 cm³/mol. The van der Waals surface area contributed by atoms with Crippen molar-refractivity contribution in [2.75, 3.05) is 7.11 Å². The molecule has 3 nitrogen and oxygen atoms in total. The summed E-state index contributed by atoms with van der Waals surface area (Å²) in [5, 5.41) is 8.68. The molecule has 0 unspecified atom stereocenters. The molecular formula is C13H18O3. The number of ether oxygens (including phenoxy) is 1. The van der Waals surface area contributed by atoms with Gasteiger partial charge >= 0.3 is 5.97 Å². The van der Waals surface area contributed by atoms with Gasteiger partial charge in [0.05, 0.1) is 7.11 Å². The van der Waals surface area contributed by atoms with Crippen molar-refractivity contribution >= 4 is 5.97 Å². The molecule has 1 aromatic rings. The lowest BCUT2D eigenvalue weighted by atomic mass is 9.98. The van der Waals surface area contributed by atoms with Crippen molar-refractivity contribution in [3.05, 3.63) is 29.3 Å². The highest BCUT2D eigenvalue weighted by atomic mass is 16.5. The van der Waals surface area contributed by atoms with Gasteiger partial charge in [-0.3, -0.25) is 4.79 Å². The molecule has 1 aromatic carbocycles. The van der Waals surface area contributed by atoms with Crippen LogP contribution in [0.2, 0.25) is 0 Å². The first-order valence-corrected chi connectivity index (χ1v) is 5.43. The average molecular weight is 222 g/mol. The van der Waals surface area contributed by atoms with E-state index in [1.807, 2.05) is 18.2 Å². The number of aliphatic carboxylic acids is 1.